The third-order valence-electron chi connectivity index (χ3n) is 4.12. The molecule has 1 aromatic rings. The van der Waals surface area contributed by atoms with E-state index in [0.717, 1.165) is 25.2 Å². The fourth-order valence-corrected chi connectivity index (χ4v) is 3.05. The smallest absolute Gasteiger partial charge is 0.231 e. The summed E-state index contributed by atoms with van der Waals surface area (Å²) in [6.07, 6.45) is 6.79. The zero-order valence-electron chi connectivity index (χ0n) is 12.9. The average molecular weight is 281 g/mol. The molecule has 3 unspecified atom stereocenters. The number of ether oxygens (including phenoxy) is 1. The van der Waals surface area contributed by atoms with Crippen LogP contribution in [0.3, 0.4) is 0 Å². The Morgan fingerprint density at radius 3 is 2.85 bits per heavy atom. The van der Waals surface area contributed by atoms with Gasteiger partial charge >= 0.3 is 0 Å². The van der Waals surface area contributed by atoms with E-state index in [9.17, 15) is 0 Å². The highest BCUT2D eigenvalue weighted by atomic mass is 16.5. The van der Waals surface area contributed by atoms with E-state index in [1.54, 1.807) is 0 Å². The third kappa shape index (κ3) is 3.58. The Labute approximate surface area is 121 Å². The van der Waals surface area contributed by atoms with Crippen LogP contribution in [0.5, 0.6) is 0 Å². The van der Waals surface area contributed by atoms with Crippen molar-refractivity contribution in [1.82, 2.24) is 15.5 Å². The molecule has 1 N–H and O–H groups in total. The van der Waals surface area contributed by atoms with Gasteiger partial charge in [0.05, 0.1) is 5.92 Å². The van der Waals surface area contributed by atoms with Crippen molar-refractivity contribution in [2.45, 2.75) is 70.4 Å². The molecule has 1 aliphatic rings. The highest BCUT2D eigenvalue weighted by Gasteiger charge is 2.30. The van der Waals surface area contributed by atoms with Crippen LogP contribution < -0.4 is 5.32 Å². The second-order valence-electron chi connectivity index (χ2n) is 5.51. The zero-order chi connectivity index (χ0) is 14.4. The topological polar surface area (TPSA) is 60.2 Å². The minimum Gasteiger partial charge on any atom is -0.370 e. The first-order valence-corrected chi connectivity index (χ1v) is 7.92. The van der Waals surface area contributed by atoms with Gasteiger partial charge in [-0.05, 0) is 33.2 Å². The highest BCUT2D eigenvalue weighted by Crippen LogP contribution is 2.33. The lowest BCUT2D eigenvalue weighted by molar-refractivity contribution is 0.0477. The van der Waals surface area contributed by atoms with Gasteiger partial charge in [-0.3, -0.25) is 0 Å². The lowest BCUT2D eigenvalue weighted by Crippen LogP contribution is -2.34. The molecule has 0 radical (unpaired) electrons. The van der Waals surface area contributed by atoms with Crippen molar-refractivity contribution in [2.24, 2.45) is 0 Å². The van der Waals surface area contributed by atoms with Crippen molar-refractivity contribution in [2.75, 3.05) is 13.7 Å². The van der Waals surface area contributed by atoms with Crippen LogP contribution in [0.25, 0.3) is 0 Å². The van der Waals surface area contributed by atoms with Gasteiger partial charge in [-0.2, -0.15) is 4.98 Å². The molecule has 1 fully saturated rings. The summed E-state index contributed by atoms with van der Waals surface area (Å²) in [5.74, 6) is 1.84. The molecule has 5 nitrogen and oxygen atoms in total. The normalized spacial score (nSPS) is 24.8. The number of rotatable bonds is 7. The quantitative estimate of drug-likeness (QED) is 0.831. The maximum absolute atomic E-state index is 5.72. The summed E-state index contributed by atoms with van der Waals surface area (Å²) in [4.78, 5) is 4.63. The Morgan fingerprint density at radius 2 is 2.15 bits per heavy atom. The first kappa shape index (κ1) is 15.4. The molecular weight excluding hydrogens is 254 g/mol. The maximum atomic E-state index is 5.72. The van der Waals surface area contributed by atoms with Crippen molar-refractivity contribution in [3.8, 4) is 0 Å². The molecular formula is C15H27N3O2. The molecule has 0 amide bonds. The molecule has 1 aromatic heterocycles. The first-order valence-electron chi connectivity index (χ1n) is 7.92. The van der Waals surface area contributed by atoms with Crippen LogP contribution in [-0.2, 0) is 4.74 Å². The summed E-state index contributed by atoms with van der Waals surface area (Å²) >= 11 is 0. The molecule has 0 spiro atoms. The number of likely N-dealkylation sites (N-methyl/N-ethyl adjacent to an activating group) is 1. The second-order valence-corrected chi connectivity index (χ2v) is 5.51. The largest absolute Gasteiger partial charge is 0.370 e. The Morgan fingerprint density at radius 1 is 1.35 bits per heavy atom. The lowest BCUT2D eigenvalue weighted by Gasteiger charge is -2.28. The van der Waals surface area contributed by atoms with Crippen molar-refractivity contribution in [3.63, 3.8) is 0 Å². The van der Waals surface area contributed by atoms with Gasteiger partial charge in [-0.1, -0.05) is 31.3 Å². The van der Waals surface area contributed by atoms with Gasteiger partial charge < -0.3 is 14.6 Å². The molecule has 5 heteroatoms. The summed E-state index contributed by atoms with van der Waals surface area (Å²) < 4.78 is 11.3. The van der Waals surface area contributed by atoms with E-state index in [2.05, 4.69) is 22.4 Å². The van der Waals surface area contributed by atoms with Crippen molar-refractivity contribution in [1.29, 1.82) is 0 Å². The predicted octanol–water partition coefficient (Wildman–Crippen LogP) is 3.19. The van der Waals surface area contributed by atoms with Crippen LogP contribution in [0.15, 0.2) is 4.52 Å². The average Bonchev–Trinajstić information content (AvgIpc) is 2.96. The van der Waals surface area contributed by atoms with E-state index in [1.807, 2.05) is 14.0 Å². The van der Waals surface area contributed by atoms with Crippen molar-refractivity contribution >= 4 is 0 Å². The Bertz CT molecular complexity index is 388. The van der Waals surface area contributed by atoms with Crippen LogP contribution in [0, 0.1) is 0 Å². The SMILES string of the molecule is CCCC(OCC)c1noc(C2CCCCC2NC)n1. The van der Waals surface area contributed by atoms with Crippen LogP contribution >= 0.6 is 0 Å². The van der Waals surface area contributed by atoms with E-state index in [-0.39, 0.29) is 6.10 Å². The Balaban J connectivity index is 2.09. The fourth-order valence-electron chi connectivity index (χ4n) is 3.05. The number of hydrogen-bond donors (Lipinski definition) is 1. The van der Waals surface area contributed by atoms with E-state index in [1.165, 1.54) is 19.3 Å². The molecule has 2 rings (SSSR count). The summed E-state index contributed by atoms with van der Waals surface area (Å²) in [6, 6.07) is 0.453. The van der Waals surface area contributed by atoms with E-state index < -0.39 is 0 Å². The maximum Gasteiger partial charge on any atom is 0.231 e. The van der Waals surface area contributed by atoms with Gasteiger partial charge in [0, 0.05) is 12.6 Å². The Kier molecular flexibility index (Phi) is 5.98. The molecule has 20 heavy (non-hydrogen) atoms. The van der Waals surface area contributed by atoms with Crippen LogP contribution in [0.2, 0.25) is 0 Å². The van der Waals surface area contributed by atoms with Crippen LogP contribution in [0.1, 0.15) is 76.1 Å². The van der Waals surface area contributed by atoms with E-state index in [4.69, 9.17) is 9.26 Å². The zero-order valence-corrected chi connectivity index (χ0v) is 12.9. The second kappa shape index (κ2) is 7.74. The van der Waals surface area contributed by atoms with Gasteiger partial charge in [0.15, 0.2) is 0 Å². The predicted molar refractivity (Wildman–Crippen MR) is 77.6 cm³/mol. The number of nitrogens with one attached hydrogen (secondary N) is 1. The van der Waals surface area contributed by atoms with Gasteiger partial charge in [0.25, 0.3) is 0 Å². The number of nitrogens with zero attached hydrogens (tertiary/aromatic N) is 2. The summed E-state index contributed by atoms with van der Waals surface area (Å²) in [7, 11) is 2.01. The fraction of sp³-hybridized carbons (Fsp3) is 0.867. The molecule has 114 valence electrons. The highest BCUT2D eigenvalue weighted by molar-refractivity contribution is 5.02. The summed E-state index contributed by atoms with van der Waals surface area (Å²) in [5, 5.41) is 7.54. The lowest BCUT2D eigenvalue weighted by atomic mass is 9.84. The standard InChI is InChI=1S/C15H27N3O2/c1-4-8-13(19-5-2)14-17-15(20-18-14)11-9-6-7-10-12(11)16-3/h11-13,16H,4-10H2,1-3H3. The minimum atomic E-state index is -0.0286. The molecule has 3 atom stereocenters. The molecule has 0 aliphatic heterocycles. The first-order chi connectivity index (χ1) is 9.80. The van der Waals surface area contributed by atoms with Crippen LogP contribution in [0.4, 0.5) is 0 Å². The van der Waals surface area contributed by atoms with E-state index in [0.29, 0.717) is 24.4 Å². The Hall–Kier alpha value is -0.940. The molecule has 0 aromatic carbocycles. The molecule has 1 heterocycles. The monoisotopic (exact) mass is 281 g/mol. The molecule has 0 bridgehead atoms. The van der Waals surface area contributed by atoms with E-state index >= 15 is 0 Å². The number of aromatic nitrogens is 2. The van der Waals surface area contributed by atoms with Gasteiger partial charge in [-0.15, -0.1) is 0 Å². The van der Waals surface area contributed by atoms with Crippen LogP contribution in [-0.4, -0.2) is 29.8 Å². The van der Waals surface area contributed by atoms with Gasteiger partial charge in [0.2, 0.25) is 11.7 Å². The van der Waals surface area contributed by atoms with Gasteiger partial charge in [0.1, 0.15) is 6.10 Å². The summed E-state index contributed by atoms with van der Waals surface area (Å²) in [5.41, 5.74) is 0. The third-order valence-corrected chi connectivity index (χ3v) is 4.12. The molecule has 1 aliphatic carbocycles. The molecule has 1 saturated carbocycles. The summed E-state index contributed by atoms with van der Waals surface area (Å²) in [6.45, 7) is 4.82. The minimum absolute atomic E-state index is 0.0286. The van der Waals surface area contributed by atoms with Crippen molar-refractivity contribution < 1.29 is 9.26 Å². The molecule has 0 saturated heterocycles. The van der Waals surface area contributed by atoms with Crippen molar-refractivity contribution in [3.05, 3.63) is 11.7 Å². The van der Waals surface area contributed by atoms with Gasteiger partial charge in [-0.25, -0.2) is 0 Å². The number of hydrogen-bond acceptors (Lipinski definition) is 5.